The Hall–Kier alpha value is -0.0400. The van der Waals surface area contributed by atoms with Gasteiger partial charge in [0.15, 0.2) is 0 Å². The van der Waals surface area contributed by atoms with E-state index in [1.54, 1.807) is 0 Å². The second-order valence-corrected chi connectivity index (χ2v) is 5.11. The van der Waals surface area contributed by atoms with Gasteiger partial charge in [-0.05, 0) is 42.2 Å². The molecule has 1 nitrogen and oxygen atoms in total. The van der Waals surface area contributed by atoms with Crippen LogP contribution in [0.25, 0.3) is 0 Å². The summed E-state index contributed by atoms with van der Waals surface area (Å²) < 4.78 is 0. The van der Waals surface area contributed by atoms with E-state index in [9.17, 15) is 4.79 Å². The molecule has 1 rings (SSSR count). The van der Waals surface area contributed by atoms with E-state index in [0.29, 0.717) is 17.8 Å². The maximum atomic E-state index is 11.2. The lowest BCUT2D eigenvalue weighted by molar-refractivity contribution is -0.119. The molecule has 1 fully saturated rings. The zero-order chi connectivity index (χ0) is 10.0. The van der Waals surface area contributed by atoms with Crippen LogP contribution in [0.4, 0.5) is 0 Å². The fourth-order valence-corrected chi connectivity index (χ4v) is 2.71. The third-order valence-corrected chi connectivity index (χ3v) is 3.59. The molecule has 0 N–H and O–H groups in total. The zero-order valence-corrected chi connectivity index (χ0v) is 9.47. The summed E-state index contributed by atoms with van der Waals surface area (Å²) in [7, 11) is 0. The number of rotatable bonds is 2. The minimum Gasteiger partial charge on any atom is -0.281 e. The van der Waals surface area contributed by atoms with E-state index in [4.69, 9.17) is 11.6 Å². The lowest BCUT2D eigenvalue weighted by Crippen LogP contribution is -2.31. The normalized spacial score (nSPS) is 35.0. The Morgan fingerprint density at radius 3 is 2.46 bits per heavy atom. The Morgan fingerprint density at radius 2 is 2.00 bits per heavy atom. The molecule has 0 aromatic carbocycles. The van der Waals surface area contributed by atoms with Gasteiger partial charge in [-0.15, -0.1) is 0 Å². The maximum absolute atomic E-state index is 11.2. The molecule has 0 aromatic rings. The van der Waals surface area contributed by atoms with Gasteiger partial charge in [0.25, 0.3) is 0 Å². The first kappa shape index (κ1) is 11.0. The number of halogens is 1. The molecule has 0 amide bonds. The molecule has 0 aliphatic heterocycles. The van der Waals surface area contributed by atoms with Crippen LogP contribution in [0.15, 0.2) is 0 Å². The maximum Gasteiger partial charge on any atom is 0.225 e. The molecular weight excluding hydrogens is 184 g/mol. The lowest BCUT2D eigenvalue weighted by atomic mass is 9.71. The average Bonchev–Trinajstić information content (AvgIpc) is 2.03. The molecule has 1 aliphatic rings. The van der Waals surface area contributed by atoms with Crippen molar-refractivity contribution in [2.24, 2.45) is 23.7 Å². The summed E-state index contributed by atoms with van der Waals surface area (Å²) in [5, 5.41) is -0.120. The van der Waals surface area contributed by atoms with Crippen molar-refractivity contribution >= 4 is 16.8 Å². The number of carbonyl (C=O) groups excluding carboxylic acids is 1. The minimum atomic E-state index is -0.120. The van der Waals surface area contributed by atoms with E-state index < -0.39 is 0 Å². The quantitative estimate of drug-likeness (QED) is 0.627. The van der Waals surface area contributed by atoms with Crippen molar-refractivity contribution in [2.45, 2.75) is 40.0 Å². The average molecular weight is 203 g/mol. The molecule has 0 heterocycles. The third-order valence-electron chi connectivity index (χ3n) is 3.31. The number of hydrogen-bond donors (Lipinski definition) is 0. The Bertz CT molecular complexity index is 189. The van der Waals surface area contributed by atoms with Gasteiger partial charge in [0.2, 0.25) is 5.24 Å². The van der Waals surface area contributed by atoms with Crippen molar-refractivity contribution in [1.82, 2.24) is 0 Å². The standard InChI is InChI=1S/C11H19ClO/c1-7(2)9-5-4-8(3)6-10(9)11(12)13/h7-10H,4-6H2,1-3H3/t8-,9+,10-/m1/s1. The summed E-state index contributed by atoms with van der Waals surface area (Å²) in [6.07, 6.45) is 3.41. The van der Waals surface area contributed by atoms with Gasteiger partial charge in [-0.1, -0.05) is 27.2 Å². The van der Waals surface area contributed by atoms with E-state index >= 15 is 0 Å². The molecule has 1 saturated carbocycles. The fourth-order valence-electron chi connectivity index (χ4n) is 2.46. The van der Waals surface area contributed by atoms with Crippen LogP contribution in [-0.4, -0.2) is 5.24 Å². The highest BCUT2D eigenvalue weighted by atomic mass is 35.5. The van der Waals surface area contributed by atoms with E-state index in [1.807, 2.05) is 0 Å². The van der Waals surface area contributed by atoms with Gasteiger partial charge < -0.3 is 0 Å². The van der Waals surface area contributed by atoms with Crippen LogP contribution in [0.5, 0.6) is 0 Å². The van der Waals surface area contributed by atoms with Crippen LogP contribution < -0.4 is 0 Å². The molecule has 0 saturated heterocycles. The Morgan fingerprint density at radius 1 is 1.38 bits per heavy atom. The van der Waals surface area contributed by atoms with Gasteiger partial charge >= 0.3 is 0 Å². The minimum absolute atomic E-state index is 0.116. The van der Waals surface area contributed by atoms with Crippen LogP contribution in [0.1, 0.15) is 40.0 Å². The van der Waals surface area contributed by atoms with Gasteiger partial charge in [-0.2, -0.15) is 0 Å². The highest BCUT2D eigenvalue weighted by Gasteiger charge is 2.34. The van der Waals surface area contributed by atoms with E-state index in [-0.39, 0.29) is 11.2 Å². The van der Waals surface area contributed by atoms with E-state index in [0.717, 1.165) is 6.42 Å². The molecule has 76 valence electrons. The van der Waals surface area contributed by atoms with Gasteiger partial charge in [0, 0.05) is 5.92 Å². The van der Waals surface area contributed by atoms with Crippen molar-refractivity contribution in [1.29, 1.82) is 0 Å². The summed E-state index contributed by atoms with van der Waals surface area (Å²) >= 11 is 5.62. The molecule has 2 heteroatoms. The molecule has 0 radical (unpaired) electrons. The summed E-state index contributed by atoms with van der Waals surface area (Å²) in [5.41, 5.74) is 0. The van der Waals surface area contributed by atoms with Crippen molar-refractivity contribution in [3.8, 4) is 0 Å². The van der Waals surface area contributed by atoms with E-state index in [1.165, 1.54) is 12.8 Å². The molecule has 1 aliphatic carbocycles. The van der Waals surface area contributed by atoms with Crippen molar-refractivity contribution < 1.29 is 4.79 Å². The van der Waals surface area contributed by atoms with E-state index in [2.05, 4.69) is 20.8 Å². The Balaban J connectivity index is 2.66. The van der Waals surface area contributed by atoms with Crippen molar-refractivity contribution in [2.75, 3.05) is 0 Å². The topological polar surface area (TPSA) is 17.1 Å². The Labute approximate surface area is 85.8 Å². The zero-order valence-electron chi connectivity index (χ0n) is 8.72. The molecule has 13 heavy (non-hydrogen) atoms. The first-order chi connectivity index (χ1) is 6.02. The molecule has 3 atom stereocenters. The second kappa shape index (κ2) is 4.45. The summed E-state index contributed by atoms with van der Waals surface area (Å²) in [4.78, 5) is 11.2. The van der Waals surface area contributed by atoms with Crippen LogP contribution >= 0.6 is 11.6 Å². The SMILES string of the molecule is CC(C)[C@@H]1CC[C@@H](C)C[C@H]1C(=O)Cl. The largest absolute Gasteiger partial charge is 0.281 e. The van der Waals surface area contributed by atoms with Crippen LogP contribution in [0.3, 0.4) is 0 Å². The van der Waals surface area contributed by atoms with Crippen LogP contribution in [0, 0.1) is 23.7 Å². The van der Waals surface area contributed by atoms with Crippen LogP contribution in [0.2, 0.25) is 0 Å². The summed E-state index contributed by atoms with van der Waals surface area (Å²) in [5.74, 6) is 1.88. The van der Waals surface area contributed by atoms with Gasteiger partial charge in [-0.3, -0.25) is 4.79 Å². The van der Waals surface area contributed by atoms with Gasteiger partial charge in [0.05, 0.1) is 0 Å². The van der Waals surface area contributed by atoms with Crippen LogP contribution in [-0.2, 0) is 4.79 Å². The highest BCUT2D eigenvalue weighted by Crippen LogP contribution is 2.38. The predicted octanol–water partition coefficient (Wildman–Crippen LogP) is 3.46. The molecule has 0 aromatic heterocycles. The fraction of sp³-hybridized carbons (Fsp3) is 0.909. The van der Waals surface area contributed by atoms with Gasteiger partial charge in [0.1, 0.15) is 0 Å². The summed E-state index contributed by atoms with van der Waals surface area (Å²) in [6.45, 7) is 6.59. The highest BCUT2D eigenvalue weighted by molar-refractivity contribution is 6.64. The lowest BCUT2D eigenvalue weighted by Gasteiger charge is -2.35. The number of carbonyl (C=O) groups is 1. The van der Waals surface area contributed by atoms with Crippen molar-refractivity contribution in [3.05, 3.63) is 0 Å². The predicted molar refractivity (Wildman–Crippen MR) is 55.7 cm³/mol. The molecule has 0 bridgehead atoms. The summed E-state index contributed by atoms with van der Waals surface area (Å²) in [6, 6.07) is 0. The molecule has 0 unspecified atom stereocenters. The monoisotopic (exact) mass is 202 g/mol. The molecular formula is C11H19ClO. The first-order valence-electron chi connectivity index (χ1n) is 5.21. The second-order valence-electron chi connectivity index (χ2n) is 4.74. The smallest absolute Gasteiger partial charge is 0.225 e. The first-order valence-corrected chi connectivity index (χ1v) is 5.59. The van der Waals surface area contributed by atoms with Crippen molar-refractivity contribution in [3.63, 3.8) is 0 Å². The number of hydrogen-bond acceptors (Lipinski definition) is 1. The molecule has 0 spiro atoms. The van der Waals surface area contributed by atoms with Gasteiger partial charge in [-0.25, -0.2) is 0 Å². The Kier molecular flexibility index (Phi) is 3.78. The third kappa shape index (κ3) is 2.70.